The molecule has 1 aliphatic heterocycles. The minimum Gasteiger partial charge on any atom is -0.462 e. The van der Waals surface area contributed by atoms with Gasteiger partial charge in [-0.15, -0.1) is 0 Å². The molecule has 0 radical (unpaired) electrons. The van der Waals surface area contributed by atoms with Crippen molar-refractivity contribution in [1.29, 1.82) is 0 Å². The number of rotatable bonds is 3. The van der Waals surface area contributed by atoms with E-state index in [9.17, 15) is 15.3 Å². The molecular formula is C13H18O6. The van der Waals surface area contributed by atoms with Crippen LogP contribution in [0.4, 0.5) is 0 Å². The van der Waals surface area contributed by atoms with Gasteiger partial charge in [-0.2, -0.15) is 0 Å². The molecular weight excluding hydrogens is 252 g/mol. The summed E-state index contributed by atoms with van der Waals surface area (Å²) < 4.78 is 10.7. The average molecular weight is 270 g/mol. The fourth-order valence-corrected chi connectivity index (χ4v) is 1.99. The number of hydrogen-bond donors (Lipinski definition) is 4. The lowest BCUT2D eigenvalue weighted by Crippen LogP contribution is -2.60. The Hall–Kier alpha value is -1.18. The zero-order valence-corrected chi connectivity index (χ0v) is 10.5. The maximum absolute atomic E-state index is 9.81. The van der Waals surface area contributed by atoms with Gasteiger partial charge in [0.1, 0.15) is 30.2 Å². The summed E-state index contributed by atoms with van der Waals surface area (Å²) >= 11 is 0. The van der Waals surface area contributed by atoms with Crippen LogP contribution in [0, 0.1) is 6.92 Å². The van der Waals surface area contributed by atoms with E-state index in [1.54, 1.807) is 18.2 Å². The van der Waals surface area contributed by atoms with Gasteiger partial charge in [-0.1, -0.05) is 12.1 Å². The van der Waals surface area contributed by atoms with Gasteiger partial charge in [0.15, 0.2) is 0 Å². The number of aliphatic hydroxyl groups is 4. The van der Waals surface area contributed by atoms with Crippen LogP contribution in [0.3, 0.4) is 0 Å². The van der Waals surface area contributed by atoms with Gasteiger partial charge in [0.2, 0.25) is 6.29 Å². The molecule has 106 valence electrons. The molecule has 0 bridgehead atoms. The molecule has 1 aromatic rings. The molecule has 1 saturated heterocycles. The summed E-state index contributed by atoms with van der Waals surface area (Å²) in [5.74, 6) is 0.476. The molecule has 1 fully saturated rings. The topological polar surface area (TPSA) is 99.4 Å². The number of aliphatic hydroxyl groups excluding tert-OH is 4. The highest BCUT2D eigenvalue weighted by atomic mass is 16.7. The van der Waals surface area contributed by atoms with E-state index in [4.69, 9.17) is 14.6 Å². The van der Waals surface area contributed by atoms with E-state index >= 15 is 0 Å². The van der Waals surface area contributed by atoms with Gasteiger partial charge in [0.25, 0.3) is 0 Å². The van der Waals surface area contributed by atoms with E-state index in [0.29, 0.717) is 5.75 Å². The predicted molar refractivity (Wildman–Crippen MR) is 65.6 cm³/mol. The van der Waals surface area contributed by atoms with Crippen LogP contribution in [-0.2, 0) is 4.74 Å². The number of aryl methyl sites for hydroxylation is 1. The van der Waals surface area contributed by atoms with Gasteiger partial charge < -0.3 is 29.9 Å². The van der Waals surface area contributed by atoms with E-state index in [2.05, 4.69) is 0 Å². The summed E-state index contributed by atoms with van der Waals surface area (Å²) in [4.78, 5) is 0. The molecule has 0 spiro atoms. The highest BCUT2D eigenvalue weighted by Gasteiger charge is 2.44. The summed E-state index contributed by atoms with van der Waals surface area (Å²) in [6.07, 6.45) is -6.30. The lowest BCUT2D eigenvalue weighted by molar-refractivity contribution is -0.277. The third kappa shape index (κ3) is 3.05. The summed E-state index contributed by atoms with van der Waals surface area (Å²) in [5, 5.41) is 38.1. The smallest absolute Gasteiger partial charge is 0.229 e. The normalized spacial score (nSPS) is 35.1. The third-order valence-electron chi connectivity index (χ3n) is 3.09. The Kier molecular flexibility index (Phi) is 4.38. The Balaban J connectivity index is 2.10. The first-order chi connectivity index (χ1) is 9.02. The van der Waals surface area contributed by atoms with Crippen LogP contribution in [0.15, 0.2) is 24.3 Å². The fraction of sp³-hybridized carbons (Fsp3) is 0.538. The second kappa shape index (κ2) is 5.85. The van der Waals surface area contributed by atoms with Crippen LogP contribution in [-0.4, -0.2) is 57.7 Å². The standard InChI is InChI=1S/C13H18O6/c1-7-3-2-4-8(5-7)18-13-12(17)11(16)10(15)9(6-14)19-13/h2-5,9-17H,6H2,1H3/t9-,10-,11+,12-,13+/m0/s1. The molecule has 1 heterocycles. The molecule has 2 rings (SSSR count). The predicted octanol–water partition coefficient (Wildman–Crippen LogP) is -0.826. The van der Waals surface area contributed by atoms with Gasteiger partial charge in [-0.3, -0.25) is 0 Å². The summed E-state index contributed by atoms with van der Waals surface area (Å²) in [6.45, 7) is 1.42. The fourth-order valence-electron chi connectivity index (χ4n) is 1.99. The Labute approximate surface area is 110 Å². The molecule has 0 unspecified atom stereocenters. The van der Waals surface area contributed by atoms with Crippen molar-refractivity contribution in [2.24, 2.45) is 0 Å². The first kappa shape index (κ1) is 14.2. The molecule has 1 aliphatic rings. The summed E-state index contributed by atoms with van der Waals surface area (Å²) in [7, 11) is 0. The van der Waals surface area contributed by atoms with Crippen LogP contribution in [0.25, 0.3) is 0 Å². The van der Waals surface area contributed by atoms with E-state index in [1.165, 1.54) is 0 Å². The molecule has 0 aromatic heterocycles. The Morgan fingerprint density at radius 2 is 1.89 bits per heavy atom. The number of benzene rings is 1. The lowest BCUT2D eigenvalue weighted by atomic mass is 9.99. The second-order valence-electron chi connectivity index (χ2n) is 4.63. The highest BCUT2D eigenvalue weighted by Crippen LogP contribution is 2.24. The first-order valence-electron chi connectivity index (χ1n) is 6.07. The van der Waals surface area contributed by atoms with Crippen molar-refractivity contribution in [1.82, 2.24) is 0 Å². The van der Waals surface area contributed by atoms with Crippen molar-refractivity contribution in [2.45, 2.75) is 37.6 Å². The maximum atomic E-state index is 9.81. The minimum atomic E-state index is -1.43. The molecule has 6 nitrogen and oxygen atoms in total. The zero-order chi connectivity index (χ0) is 14.0. The van der Waals surface area contributed by atoms with Crippen LogP contribution in [0.1, 0.15) is 5.56 Å². The second-order valence-corrected chi connectivity index (χ2v) is 4.63. The van der Waals surface area contributed by atoms with E-state index in [-0.39, 0.29) is 0 Å². The van der Waals surface area contributed by atoms with Crippen LogP contribution >= 0.6 is 0 Å². The summed E-state index contributed by atoms with van der Waals surface area (Å²) in [6, 6.07) is 7.12. The molecule has 19 heavy (non-hydrogen) atoms. The van der Waals surface area contributed by atoms with Crippen molar-refractivity contribution in [3.8, 4) is 5.75 Å². The Morgan fingerprint density at radius 3 is 2.53 bits per heavy atom. The van der Waals surface area contributed by atoms with Crippen LogP contribution in [0.2, 0.25) is 0 Å². The molecule has 0 aliphatic carbocycles. The Morgan fingerprint density at radius 1 is 1.16 bits per heavy atom. The lowest BCUT2D eigenvalue weighted by Gasteiger charge is -2.39. The number of hydrogen-bond acceptors (Lipinski definition) is 6. The van der Waals surface area contributed by atoms with Crippen LogP contribution in [0.5, 0.6) is 5.75 Å². The van der Waals surface area contributed by atoms with Gasteiger partial charge in [0, 0.05) is 0 Å². The molecule has 0 amide bonds. The number of ether oxygens (including phenoxy) is 2. The van der Waals surface area contributed by atoms with E-state index in [1.807, 2.05) is 13.0 Å². The molecule has 4 N–H and O–H groups in total. The molecule has 6 heteroatoms. The highest BCUT2D eigenvalue weighted by molar-refractivity contribution is 5.27. The molecule has 5 atom stereocenters. The largest absolute Gasteiger partial charge is 0.462 e. The zero-order valence-electron chi connectivity index (χ0n) is 10.5. The van der Waals surface area contributed by atoms with Crippen molar-refractivity contribution in [2.75, 3.05) is 6.61 Å². The van der Waals surface area contributed by atoms with Crippen molar-refractivity contribution in [3.05, 3.63) is 29.8 Å². The van der Waals surface area contributed by atoms with E-state index in [0.717, 1.165) is 5.56 Å². The van der Waals surface area contributed by atoms with Crippen molar-refractivity contribution >= 4 is 0 Å². The minimum absolute atomic E-state index is 0.474. The molecule has 1 aromatic carbocycles. The Bertz CT molecular complexity index is 421. The SMILES string of the molecule is Cc1cccc(O[C@@H]2O[C@@H](CO)[C@H](O)[C@@H](O)[C@@H]2O)c1. The third-order valence-corrected chi connectivity index (χ3v) is 3.09. The maximum Gasteiger partial charge on any atom is 0.229 e. The quantitative estimate of drug-likeness (QED) is 0.572. The first-order valence-corrected chi connectivity index (χ1v) is 6.07. The van der Waals surface area contributed by atoms with Gasteiger partial charge >= 0.3 is 0 Å². The monoisotopic (exact) mass is 270 g/mol. The van der Waals surface area contributed by atoms with Gasteiger partial charge in [-0.25, -0.2) is 0 Å². The summed E-state index contributed by atoms with van der Waals surface area (Å²) in [5.41, 5.74) is 0.974. The van der Waals surface area contributed by atoms with Crippen LogP contribution < -0.4 is 4.74 Å². The van der Waals surface area contributed by atoms with Gasteiger partial charge in [-0.05, 0) is 24.6 Å². The van der Waals surface area contributed by atoms with Gasteiger partial charge in [0.05, 0.1) is 6.61 Å². The van der Waals surface area contributed by atoms with Crippen molar-refractivity contribution < 1.29 is 29.9 Å². The average Bonchev–Trinajstić information content (AvgIpc) is 2.39. The van der Waals surface area contributed by atoms with E-state index < -0.39 is 37.3 Å². The van der Waals surface area contributed by atoms with Crippen molar-refractivity contribution in [3.63, 3.8) is 0 Å². The molecule has 0 saturated carbocycles.